The number of rotatable bonds is 5. The topological polar surface area (TPSA) is 29.0 Å². The van der Waals surface area contributed by atoms with Gasteiger partial charge < -0.3 is 4.90 Å². The van der Waals surface area contributed by atoms with Crippen LogP contribution in [-0.2, 0) is 13.1 Å². The van der Waals surface area contributed by atoms with Crippen LogP contribution in [0.1, 0.15) is 11.1 Å². The summed E-state index contributed by atoms with van der Waals surface area (Å²) in [5, 5.41) is 0. The molecular formula is C18H17N3. The van der Waals surface area contributed by atoms with Gasteiger partial charge in [-0.1, -0.05) is 60.7 Å². The van der Waals surface area contributed by atoms with Crippen LogP contribution in [0.3, 0.4) is 0 Å². The highest BCUT2D eigenvalue weighted by Gasteiger charge is 2.08. The van der Waals surface area contributed by atoms with E-state index in [0.29, 0.717) is 0 Å². The Kier molecular flexibility index (Phi) is 4.22. The summed E-state index contributed by atoms with van der Waals surface area (Å²) in [6.45, 7) is 1.67. The fourth-order valence-corrected chi connectivity index (χ4v) is 2.30. The highest BCUT2D eigenvalue weighted by atomic mass is 15.1. The summed E-state index contributed by atoms with van der Waals surface area (Å²) in [5.41, 5.74) is 3.58. The molecule has 21 heavy (non-hydrogen) atoms. The second-order valence-electron chi connectivity index (χ2n) is 4.92. The smallest absolute Gasteiger partial charge is 0.115 e. The van der Waals surface area contributed by atoms with E-state index < -0.39 is 0 Å². The van der Waals surface area contributed by atoms with Crippen molar-refractivity contribution < 1.29 is 0 Å². The first-order valence-electron chi connectivity index (χ1n) is 6.99. The molecule has 0 radical (unpaired) electrons. The van der Waals surface area contributed by atoms with Gasteiger partial charge in [-0.15, -0.1) is 0 Å². The minimum Gasteiger partial charge on any atom is -0.360 e. The Morgan fingerprint density at radius 2 is 1.14 bits per heavy atom. The number of nitrogens with zero attached hydrogens (tertiary/aromatic N) is 3. The second kappa shape index (κ2) is 6.66. The number of hydrogen-bond donors (Lipinski definition) is 0. The quantitative estimate of drug-likeness (QED) is 0.711. The fraction of sp³-hybridized carbons (Fsp3) is 0.111. The summed E-state index contributed by atoms with van der Waals surface area (Å²) in [6, 6.07) is 20.9. The summed E-state index contributed by atoms with van der Waals surface area (Å²) in [7, 11) is 0. The van der Waals surface area contributed by atoms with Crippen LogP contribution in [0.5, 0.6) is 0 Å². The molecule has 0 unspecified atom stereocenters. The van der Waals surface area contributed by atoms with Crippen molar-refractivity contribution in [2.75, 3.05) is 4.90 Å². The van der Waals surface area contributed by atoms with E-state index in [9.17, 15) is 0 Å². The summed E-state index contributed by atoms with van der Waals surface area (Å²) < 4.78 is 0. The molecule has 0 aliphatic carbocycles. The van der Waals surface area contributed by atoms with Crippen LogP contribution in [0.15, 0.2) is 79.4 Å². The Bertz CT molecular complexity index is 612. The number of hydrogen-bond acceptors (Lipinski definition) is 3. The predicted molar refractivity (Wildman–Crippen MR) is 84.8 cm³/mol. The van der Waals surface area contributed by atoms with Gasteiger partial charge in [0.25, 0.3) is 0 Å². The van der Waals surface area contributed by atoms with Gasteiger partial charge in [0.05, 0.1) is 18.1 Å². The van der Waals surface area contributed by atoms with E-state index in [1.807, 2.05) is 24.5 Å². The van der Waals surface area contributed by atoms with Gasteiger partial charge >= 0.3 is 0 Å². The van der Waals surface area contributed by atoms with Gasteiger partial charge in [-0.25, -0.2) is 9.97 Å². The molecule has 3 heteroatoms. The molecule has 3 aromatic rings. The van der Waals surface area contributed by atoms with E-state index in [0.717, 1.165) is 18.8 Å². The lowest BCUT2D eigenvalue weighted by molar-refractivity contribution is 0.793. The van der Waals surface area contributed by atoms with Crippen molar-refractivity contribution in [3.63, 3.8) is 0 Å². The molecule has 0 saturated carbocycles. The Labute approximate surface area is 124 Å². The molecule has 0 bridgehead atoms. The van der Waals surface area contributed by atoms with Crippen LogP contribution in [-0.4, -0.2) is 9.97 Å². The van der Waals surface area contributed by atoms with Crippen molar-refractivity contribution in [2.24, 2.45) is 0 Å². The van der Waals surface area contributed by atoms with Crippen molar-refractivity contribution in [2.45, 2.75) is 13.1 Å². The number of benzene rings is 2. The highest BCUT2D eigenvalue weighted by molar-refractivity contribution is 5.43. The molecular weight excluding hydrogens is 258 g/mol. The van der Waals surface area contributed by atoms with Gasteiger partial charge in [-0.2, -0.15) is 0 Å². The first kappa shape index (κ1) is 13.3. The third-order valence-electron chi connectivity index (χ3n) is 3.34. The fourth-order valence-electron chi connectivity index (χ4n) is 2.30. The molecule has 0 spiro atoms. The van der Waals surface area contributed by atoms with E-state index in [2.05, 4.69) is 63.4 Å². The zero-order valence-electron chi connectivity index (χ0n) is 11.8. The minimum absolute atomic E-state index is 0.836. The zero-order chi connectivity index (χ0) is 14.3. The Morgan fingerprint density at radius 3 is 1.62 bits per heavy atom. The third-order valence-corrected chi connectivity index (χ3v) is 3.34. The monoisotopic (exact) mass is 275 g/mol. The molecule has 0 N–H and O–H groups in total. The minimum atomic E-state index is 0.836. The van der Waals surface area contributed by atoms with Crippen molar-refractivity contribution in [3.8, 4) is 0 Å². The third kappa shape index (κ3) is 3.66. The Morgan fingerprint density at radius 1 is 0.667 bits per heavy atom. The lowest BCUT2D eigenvalue weighted by Crippen LogP contribution is -2.22. The van der Waals surface area contributed by atoms with Crippen molar-refractivity contribution in [3.05, 3.63) is 90.5 Å². The van der Waals surface area contributed by atoms with Gasteiger partial charge in [0.2, 0.25) is 0 Å². The van der Waals surface area contributed by atoms with E-state index in [4.69, 9.17) is 0 Å². The van der Waals surface area contributed by atoms with Crippen molar-refractivity contribution in [1.29, 1.82) is 0 Å². The van der Waals surface area contributed by atoms with Crippen LogP contribution < -0.4 is 4.90 Å². The molecule has 3 rings (SSSR count). The maximum atomic E-state index is 4.14. The first-order chi connectivity index (χ1) is 10.4. The molecule has 0 atom stereocenters. The van der Waals surface area contributed by atoms with E-state index in [1.165, 1.54) is 11.1 Å². The lowest BCUT2D eigenvalue weighted by atomic mass is 10.1. The zero-order valence-corrected chi connectivity index (χ0v) is 11.8. The summed E-state index contributed by atoms with van der Waals surface area (Å²) in [6.07, 6.45) is 5.28. The molecule has 0 fully saturated rings. The Balaban J connectivity index is 1.84. The molecule has 3 nitrogen and oxygen atoms in total. The largest absolute Gasteiger partial charge is 0.360 e. The standard InChI is InChI=1S/C18H17N3/c1-3-7-16(8-4-1)13-21(18-11-19-15-20-12-18)14-17-9-5-2-6-10-17/h1-12,15H,13-14H2. The van der Waals surface area contributed by atoms with Crippen LogP contribution in [0.4, 0.5) is 5.69 Å². The van der Waals surface area contributed by atoms with Gasteiger partial charge in [0.15, 0.2) is 0 Å². The van der Waals surface area contributed by atoms with Gasteiger partial charge in [-0.05, 0) is 11.1 Å². The van der Waals surface area contributed by atoms with E-state index in [-0.39, 0.29) is 0 Å². The first-order valence-corrected chi connectivity index (χ1v) is 6.99. The highest BCUT2D eigenvalue weighted by Crippen LogP contribution is 2.18. The summed E-state index contributed by atoms with van der Waals surface area (Å²) in [5.74, 6) is 0. The second-order valence-corrected chi connectivity index (χ2v) is 4.92. The average Bonchev–Trinajstić information content (AvgIpc) is 2.57. The van der Waals surface area contributed by atoms with Crippen LogP contribution in [0.2, 0.25) is 0 Å². The molecule has 1 aromatic heterocycles. The van der Waals surface area contributed by atoms with Gasteiger partial charge in [0, 0.05) is 13.1 Å². The SMILES string of the molecule is c1ccc(CN(Cc2ccccc2)c2cncnc2)cc1. The normalized spacial score (nSPS) is 10.3. The van der Waals surface area contributed by atoms with Crippen molar-refractivity contribution in [1.82, 2.24) is 9.97 Å². The maximum Gasteiger partial charge on any atom is 0.115 e. The number of aromatic nitrogens is 2. The lowest BCUT2D eigenvalue weighted by Gasteiger charge is -2.24. The average molecular weight is 275 g/mol. The molecule has 0 saturated heterocycles. The van der Waals surface area contributed by atoms with Crippen LogP contribution in [0.25, 0.3) is 0 Å². The molecule has 0 aliphatic heterocycles. The van der Waals surface area contributed by atoms with Crippen LogP contribution in [0, 0.1) is 0 Å². The van der Waals surface area contributed by atoms with Crippen LogP contribution >= 0.6 is 0 Å². The molecule has 2 aromatic carbocycles. The van der Waals surface area contributed by atoms with E-state index in [1.54, 1.807) is 6.33 Å². The summed E-state index contributed by atoms with van der Waals surface area (Å²) in [4.78, 5) is 10.6. The summed E-state index contributed by atoms with van der Waals surface area (Å²) >= 11 is 0. The number of anilines is 1. The molecule has 104 valence electrons. The Hall–Kier alpha value is -2.68. The predicted octanol–water partition coefficient (Wildman–Crippen LogP) is 3.68. The van der Waals surface area contributed by atoms with E-state index >= 15 is 0 Å². The molecule has 1 heterocycles. The molecule has 0 amide bonds. The van der Waals surface area contributed by atoms with Gasteiger partial charge in [0.1, 0.15) is 6.33 Å². The maximum absolute atomic E-state index is 4.14. The van der Waals surface area contributed by atoms with Gasteiger partial charge in [-0.3, -0.25) is 0 Å². The molecule has 0 aliphatic rings. The van der Waals surface area contributed by atoms with Crippen molar-refractivity contribution >= 4 is 5.69 Å².